The highest BCUT2D eigenvalue weighted by Gasteiger charge is 2.22. The zero-order valence-corrected chi connectivity index (χ0v) is 13.0. The molecule has 122 valence electrons. The van der Waals surface area contributed by atoms with Gasteiger partial charge in [-0.05, 0) is 25.0 Å². The topological polar surface area (TPSA) is 117 Å². The highest BCUT2D eigenvalue weighted by atomic mass is 32.2. The van der Waals surface area contributed by atoms with Crippen molar-refractivity contribution in [3.63, 3.8) is 0 Å². The van der Waals surface area contributed by atoms with Crippen molar-refractivity contribution < 1.29 is 23.1 Å². The predicted molar refractivity (Wildman–Crippen MR) is 78.5 cm³/mol. The molecule has 2 N–H and O–H groups in total. The first-order chi connectivity index (χ1) is 10.3. The second-order valence-electron chi connectivity index (χ2n) is 4.65. The van der Waals surface area contributed by atoms with Crippen molar-refractivity contribution in [3.8, 4) is 0 Å². The van der Waals surface area contributed by atoms with E-state index in [0.717, 1.165) is 4.31 Å². The van der Waals surface area contributed by atoms with E-state index in [0.29, 0.717) is 19.4 Å². The minimum atomic E-state index is -3.75. The van der Waals surface area contributed by atoms with Crippen molar-refractivity contribution in [2.24, 2.45) is 0 Å². The molecule has 0 radical (unpaired) electrons. The third-order valence-electron chi connectivity index (χ3n) is 2.85. The van der Waals surface area contributed by atoms with Crippen LogP contribution in [0.25, 0.3) is 0 Å². The molecule has 9 heteroatoms. The van der Waals surface area contributed by atoms with Gasteiger partial charge >= 0.3 is 5.97 Å². The molecule has 0 atom stereocenters. The van der Waals surface area contributed by atoms with Crippen LogP contribution in [0, 0.1) is 0 Å². The van der Waals surface area contributed by atoms with Gasteiger partial charge in [0.2, 0.25) is 15.9 Å². The Balaban J connectivity index is 2.42. The first-order valence-electron chi connectivity index (χ1n) is 6.69. The highest BCUT2D eigenvalue weighted by molar-refractivity contribution is 7.89. The standard InChI is InChI=1S/C13H19N3O5S/c1-16(22(20,21)11-5-4-7-14-9-11)10-12(17)15-8-3-2-6-13(18)19/h4-5,7,9H,2-3,6,8,10H2,1H3,(H,15,17)(H,18,19). The number of nitrogens with one attached hydrogen (secondary N) is 1. The van der Waals surface area contributed by atoms with Crippen LogP contribution in [0.5, 0.6) is 0 Å². The first-order valence-corrected chi connectivity index (χ1v) is 8.13. The zero-order chi connectivity index (χ0) is 16.6. The maximum atomic E-state index is 12.2. The number of carbonyl (C=O) groups excluding carboxylic acids is 1. The summed E-state index contributed by atoms with van der Waals surface area (Å²) in [6, 6.07) is 2.91. The summed E-state index contributed by atoms with van der Waals surface area (Å²) in [6.07, 6.45) is 3.71. The fraction of sp³-hybridized carbons (Fsp3) is 0.462. The normalized spacial score (nSPS) is 11.4. The number of carboxylic acid groups (broad SMARTS) is 1. The van der Waals surface area contributed by atoms with Crippen molar-refractivity contribution in [1.82, 2.24) is 14.6 Å². The number of unbranched alkanes of at least 4 members (excludes halogenated alkanes) is 1. The Bertz CT molecular complexity index is 603. The number of nitrogens with zero attached hydrogens (tertiary/aromatic N) is 2. The van der Waals surface area contributed by atoms with Gasteiger partial charge in [0.1, 0.15) is 4.90 Å². The molecule has 0 aliphatic rings. The predicted octanol–water partition coefficient (Wildman–Crippen LogP) is 0.0732. The van der Waals surface area contributed by atoms with Gasteiger partial charge in [-0.1, -0.05) is 0 Å². The first kappa shape index (κ1) is 18.1. The molecule has 0 saturated carbocycles. The van der Waals surface area contributed by atoms with E-state index in [4.69, 9.17) is 5.11 Å². The Labute approximate surface area is 129 Å². The van der Waals surface area contributed by atoms with Crippen molar-refractivity contribution >= 4 is 21.9 Å². The monoisotopic (exact) mass is 329 g/mol. The molecule has 0 aromatic carbocycles. The van der Waals surface area contributed by atoms with E-state index in [1.165, 1.54) is 31.6 Å². The van der Waals surface area contributed by atoms with Crippen LogP contribution in [-0.2, 0) is 19.6 Å². The minimum Gasteiger partial charge on any atom is -0.481 e. The van der Waals surface area contributed by atoms with Gasteiger partial charge in [0, 0.05) is 32.4 Å². The second-order valence-corrected chi connectivity index (χ2v) is 6.70. The van der Waals surface area contributed by atoms with Gasteiger partial charge in [-0.25, -0.2) is 8.42 Å². The summed E-state index contributed by atoms with van der Waals surface area (Å²) in [5.74, 6) is -1.32. The maximum Gasteiger partial charge on any atom is 0.303 e. The molecule has 0 saturated heterocycles. The summed E-state index contributed by atoms with van der Waals surface area (Å²) in [6.45, 7) is 0.00303. The molecule has 1 rings (SSSR count). The molecule has 0 spiro atoms. The molecule has 8 nitrogen and oxygen atoms in total. The molecule has 1 aromatic rings. The number of likely N-dealkylation sites (N-methyl/N-ethyl adjacent to an activating group) is 1. The molecule has 0 unspecified atom stereocenters. The van der Waals surface area contributed by atoms with E-state index >= 15 is 0 Å². The van der Waals surface area contributed by atoms with Crippen LogP contribution < -0.4 is 5.32 Å². The average Bonchev–Trinajstić information content (AvgIpc) is 2.47. The lowest BCUT2D eigenvalue weighted by Crippen LogP contribution is -2.38. The third-order valence-corrected chi connectivity index (χ3v) is 4.64. The smallest absolute Gasteiger partial charge is 0.303 e. The zero-order valence-electron chi connectivity index (χ0n) is 12.2. The fourth-order valence-corrected chi connectivity index (χ4v) is 2.74. The Kier molecular flexibility index (Phi) is 6.93. The molecule has 1 amide bonds. The average molecular weight is 329 g/mol. The van der Waals surface area contributed by atoms with E-state index in [1.54, 1.807) is 0 Å². The quantitative estimate of drug-likeness (QED) is 0.619. The van der Waals surface area contributed by atoms with Gasteiger partial charge in [-0.15, -0.1) is 0 Å². The molecular weight excluding hydrogens is 310 g/mol. The molecule has 0 aliphatic carbocycles. The van der Waals surface area contributed by atoms with Crippen LogP contribution in [0.4, 0.5) is 0 Å². The van der Waals surface area contributed by atoms with Gasteiger partial charge < -0.3 is 10.4 Å². The van der Waals surface area contributed by atoms with Crippen LogP contribution >= 0.6 is 0 Å². The number of sulfonamides is 1. The van der Waals surface area contributed by atoms with Crippen LogP contribution in [-0.4, -0.2) is 54.8 Å². The lowest BCUT2D eigenvalue weighted by Gasteiger charge is -2.16. The van der Waals surface area contributed by atoms with Crippen LogP contribution in [0.15, 0.2) is 29.4 Å². The molecule has 1 heterocycles. The van der Waals surface area contributed by atoms with Gasteiger partial charge in [0.05, 0.1) is 6.54 Å². The van der Waals surface area contributed by atoms with Crippen molar-refractivity contribution in [2.45, 2.75) is 24.2 Å². The largest absolute Gasteiger partial charge is 0.481 e. The second kappa shape index (κ2) is 8.44. The molecule has 0 aliphatic heterocycles. The number of hydrogen-bond donors (Lipinski definition) is 2. The Hall–Kier alpha value is -2.00. The fourth-order valence-electron chi connectivity index (χ4n) is 1.65. The summed E-state index contributed by atoms with van der Waals surface area (Å²) in [4.78, 5) is 25.8. The summed E-state index contributed by atoms with van der Waals surface area (Å²) < 4.78 is 25.3. The Morgan fingerprint density at radius 2 is 2.09 bits per heavy atom. The van der Waals surface area contributed by atoms with Gasteiger partial charge in [0.15, 0.2) is 0 Å². The van der Waals surface area contributed by atoms with E-state index in [-0.39, 0.29) is 17.9 Å². The SMILES string of the molecule is CN(CC(=O)NCCCCC(=O)O)S(=O)(=O)c1cccnc1. The van der Waals surface area contributed by atoms with E-state index < -0.39 is 21.9 Å². The number of pyridine rings is 1. The van der Waals surface area contributed by atoms with Crippen molar-refractivity contribution in [3.05, 3.63) is 24.5 Å². The molecular formula is C13H19N3O5S. The maximum absolute atomic E-state index is 12.2. The Morgan fingerprint density at radius 3 is 2.68 bits per heavy atom. The van der Waals surface area contributed by atoms with Crippen LogP contribution in [0.1, 0.15) is 19.3 Å². The van der Waals surface area contributed by atoms with Crippen LogP contribution in [0.3, 0.4) is 0 Å². The van der Waals surface area contributed by atoms with Crippen LogP contribution in [0.2, 0.25) is 0 Å². The number of amides is 1. The lowest BCUT2D eigenvalue weighted by atomic mass is 10.2. The van der Waals surface area contributed by atoms with E-state index in [1.807, 2.05) is 0 Å². The van der Waals surface area contributed by atoms with Gasteiger partial charge in [-0.2, -0.15) is 4.31 Å². The summed E-state index contributed by atoms with van der Waals surface area (Å²) in [5, 5.41) is 11.0. The number of rotatable bonds is 9. The summed E-state index contributed by atoms with van der Waals surface area (Å²) in [7, 11) is -2.44. The van der Waals surface area contributed by atoms with Gasteiger partial charge in [-0.3, -0.25) is 14.6 Å². The minimum absolute atomic E-state index is 0.0201. The molecule has 1 aromatic heterocycles. The number of aliphatic carboxylic acids is 1. The lowest BCUT2D eigenvalue weighted by molar-refractivity contribution is -0.137. The van der Waals surface area contributed by atoms with E-state index in [2.05, 4.69) is 10.3 Å². The number of aromatic nitrogens is 1. The molecule has 0 fully saturated rings. The number of carboxylic acids is 1. The number of hydrogen-bond acceptors (Lipinski definition) is 5. The van der Waals surface area contributed by atoms with Crippen molar-refractivity contribution in [1.29, 1.82) is 0 Å². The van der Waals surface area contributed by atoms with E-state index in [9.17, 15) is 18.0 Å². The highest BCUT2D eigenvalue weighted by Crippen LogP contribution is 2.11. The summed E-state index contributed by atoms with van der Waals surface area (Å²) >= 11 is 0. The summed E-state index contributed by atoms with van der Waals surface area (Å²) in [5.41, 5.74) is 0. The Morgan fingerprint density at radius 1 is 1.36 bits per heavy atom. The van der Waals surface area contributed by atoms with Crippen molar-refractivity contribution in [2.75, 3.05) is 20.1 Å². The van der Waals surface area contributed by atoms with Gasteiger partial charge in [0.25, 0.3) is 0 Å². The molecule has 22 heavy (non-hydrogen) atoms. The third kappa shape index (κ3) is 5.78. The number of carbonyl (C=O) groups is 2. The molecule has 0 bridgehead atoms.